The Morgan fingerprint density at radius 2 is 2.14 bits per heavy atom. The Bertz CT molecular complexity index is 593. The monoisotopic (exact) mass is 312 g/mol. The Balaban J connectivity index is 2.16. The Morgan fingerprint density at radius 3 is 2.90 bits per heavy atom. The van der Waals surface area contributed by atoms with Crippen LogP contribution in [0.25, 0.3) is 0 Å². The van der Waals surface area contributed by atoms with Crippen molar-refractivity contribution in [2.75, 3.05) is 20.2 Å². The third kappa shape index (κ3) is 4.26. The molecule has 1 heterocycles. The molecule has 116 valence electrons. The molecule has 0 aliphatic carbocycles. The number of sulfonamides is 1. The Morgan fingerprint density at radius 1 is 1.33 bits per heavy atom. The number of nitrogens with one attached hydrogen (secondary N) is 2. The third-order valence-electron chi connectivity index (χ3n) is 3.46. The summed E-state index contributed by atoms with van der Waals surface area (Å²) < 4.78 is 32.1. The van der Waals surface area contributed by atoms with Crippen molar-refractivity contribution in [1.82, 2.24) is 10.0 Å². The number of ether oxygens (including phenoxy) is 1. The van der Waals surface area contributed by atoms with Crippen molar-refractivity contribution in [3.63, 3.8) is 0 Å². The quantitative estimate of drug-likeness (QED) is 0.807. The molecule has 0 bridgehead atoms. The van der Waals surface area contributed by atoms with Crippen LogP contribution in [-0.4, -0.2) is 40.6 Å². The average Bonchev–Trinajstić information content (AvgIpc) is 2.74. The Kier molecular flexibility index (Phi) is 5.33. The van der Waals surface area contributed by atoms with E-state index in [0.717, 1.165) is 32.4 Å². The summed E-state index contributed by atoms with van der Waals surface area (Å²) in [6.45, 7) is 1.71. The van der Waals surface area contributed by atoms with Crippen molar-refractivity contribution >= 4 is 16.0 Å². The zero-order valence-corrected chi connectivity index (χ0v) is 12.8. The Labute approximate surface area is 124 Å². The van der Waals surface area contributed by atoms with Gasteiger partial charge in [0.25, 0.3) is 0 Å². The summed E-state index contributed by atoms with van der Waals surface area (Å²) in [7, 11) is -2.36. The maximum absolute atomic E-state index is 12.4. The molecule has 1 aromatic carbocycles. The second-order valence-corrected chi connectivity index (χ2v) is 6.73. The van der Waals surface area contributed by atoms with Gasteiger partial charge in [-0.15, -0.1) is 0 Å². The van der Waals surface area contributed by atoms with E-state index in [4.69, 9.17) is 0 Å². The number of hydrogen-bond donors (Lipinski definition) is 2. The Hall–Kier alpha value is -1.44. The minimum Gasteiger partial charge on any atom is -0.465 e. The lowest BCUT2D eigenvalue weighted by molar-refractivity contribution is 0.0600. The van der Waals surface area contributed by atoms with E-state index in [-0.39, 0.29) is 16.5 Å². The molecule has 2 rings (SSSR count). The van der Waals surface area contributed by atoms with Crippen molar-refractivity contribution in [2.24, 2.45) is 0 Å². The summed E-state index contributed by atoms with van der Waals surface area (Å²) >= 11 is 0. The third-order valence-corrected chi connectivity index (χ3v) is 4.98. The van der Waals surface area contributed by atoms with Crippen LogP contribution in [0.5, 0.6) is 0 Å². The average molecular weight is 312 g/mol. The summed E-state index contributed by atoms with van der Waals surface area (Å²) in [6, 6.07) is 5.80. The lowest BCUT2D eigenvalue weighted by atomic mass is 10.1. The van der Waals surface area contributed by atoms with Crippen LogP contribution < -0.4 is 10.0 Å². The van der Waals surface area contributed by atoms with Crippen molar-refractivity contribution in [3.05, 3.63) is 29.8 Å². The molecule has 0 amide bonds. The van der Waals surface area contributed by atoms with Crippen LogP contribution in [0.1, 0.15) is 29.6 Å². The molecule has 0 aromatic heterocycles. The molecule has 1 aromatic rings. The molecule has 0 radical (unpaired) electrons. The number of methoxy groups -OCH3 is 1. The minimum atomic E-state index is -3.63. The molecule has 1 aliphatic heterocycles. The topological polar surface area (TPSA) is 84.5 Å². The predicted molar refractivity (Wildman–Crippen MR) is 78.6 cm³/mol. The number of esters is 1. The van der Waals surface area contributed by atoms with Gasteiger partial charge in [-0.05, 0) is 50.6 Å². The second-order valence-electron chi connectivity index (χ2n) is 5.02. The smallest absolute Gasteiger partial charge is 0.337 e. The van der Waals surface area contributed by atoms with E-state index in [1.165, 1.54) is 31.4 Å². The molecule has 1 fully saturated rings. The minimum absolute atomic E-state index is 0.0771. The molecular formula is C14H20N2O4S. The van der Waals surface area contributed by atoms with Gasteiger partial charge in [-0.25, -0.2) is 17.9 Å². The van der Waals surface area contributed by atoms with Crippen molar-refractivity contribution in [3.8, 4) is 0 Å². The van der Waals surface area contributed by atoms with E-state index >= 15 is 0 Å². The van der Waals surface area contributed by atoms with Gasteiger partial charge in [-0.2, -0.15) is 0 Å². The maximum Gasteiger partial charge on any atom is 0.337 e. The first-order valence-electron chi connectivity index (χ1n) is 6.94. The van der Waals surface area contributed by atoms with E-state index in [2.05, 4.69) is 14.8 Å². The highest BCUT2D eigenvalue weighted by molar-refractivity contribution is 7.89. The first kappa shape index (κ1) is 15.9. The van der Waals surface area contributed by atoms with Crippen LogP contribution in [0.2, 0.25) is 0 Å². The highest BCUT2D eigenvalue weighted by atomic mass is 32.2. The molecular weight excluding hydrogens is 292 g/mol. The van der Waals surface area contributed by atoms with Crippen LogP contribution in [0.15, 0.2) is 29.2 Å². The van der Waals surface area contributed by atoms with Crippen LogP contribution >= 0.6 is 0 Å². The number of benzene rings is 1. The number of hydrogen-bond acceptors (Lipinski definition) is 5. The SMILES string of the molecule is COC(=O)c1cccc(S(=O)(=O)NC2CCCNCC2)c1. The molecule has 2 N–H and O–H groups in total. The van der Waals surface area contributed by atoms with E-state index < -0.39 is 16.0 Å². The molecule has 1 saturated heterocycles. The van der Waals surface area contributed by atoms with Gasteiger partial charge in [-0.1, -0.05) is 6.07 Å². The van der Waals surface area contributed by atoms with Gasteiger partial charge in [0.15, 0.2) is 0 Å². The summed E-state index contributed by atoms with van der Waals surface area (Å²) in [5, 5.41) is 3.24. The molecule has 21 heavy (non-hydrogen) atoms. The second kappa shape index (κ2) is 7.02. The zero-order valence-electron chi connectivity index (χ0n) is 12.0. The fourth-order valence-corrected chi connectivity index (χ4v) is 3.68. The highest BCUT2D eigenvalue weighted by Gasteiger charge is 2.22. The lowest BCUT2D eigenvalue weighted by Gasteiger charge is -2.16. The lowest BCUT2D eigenvalue weighted by Crippen LogP contribution is -2.35. The van der Waals surface area contributed by atoms with E-state index in [1.54, 1.807) is 0 Å². The van der Waals surface area contributed by atoms with Gasteiger partial charge in [-0.3, -0.25) is 0 Å². The fraction of sp³-hybridized carbons (Fsp3) is 0.500. The number of carbonyl (C=O) groups excluding carboxylic acids is 1. The summed E-state index contributed by atoms with van der Waals surface area (Å²) in [5.41, 5.74) is 0.225. The van der Waals surface area contributed by atoms with Gasteiger partial charge in [0.2, 0.25) is 10.0 Å². The molecule has 1 atom stereocenters. The van der Waals surface area contributed by atoms with Gasteiger partial charge in [0.05, 0.1) is 17.6 Å². The molecule has 6 nitrogen and oxygen atoms in total. The maximum atomic E-state index is 12.4. The van der Waals surface area contributed by atoms with Gasteiger partial charge in [0, 0.05) is 6.04 Å². The fourth-order valence-electron chi connectivity index (χ4n) is 2.33. The standard InChI is InChI=1S/C14H20N2O4S/c1-20-14(17)11-4-2-6-13(10-11)21(18,19)16-12-5-3-8-15-9-7-12/h2,4,6,10,12,15-16H,3,5,7-9H2,1H3. The van der Waals surface area contributed by atoms with Crippen molar-refractivity contribution < 1.29 is 17.9 Å². The molecule has 0 saturated carbocycles. The normalized spacial score (nSPS) is 19.8. The first-order chi connectivity index (χ1) is 10.0. The van der Waals surface area contributed by atoms with Crippen LogP contribution in [0, 0.1) is 0 Å². The molecule has 7 heteroatoms. The van der Waals surface area contributed by atoms with Crippen LogP contribution in [0.4, 0.5) is 0 Å². The van der Waals surface area contributed by atoms with E-state index in [1.807, 2.05) is 0 Å². The number of carbonyl (C=O) groups is 1. The zero-order chi connectivity index (χ0) is 15.3. The van der Waals surface area contributed by atoms with Crippen molar-refractivity contribution in [2.45, 2.75) is 30.2 Å². The van der Waals surface area contributed by atoms with Gasteiger partial charge >= 0.3 is 5.97 Å². The van der Waals surface area contributed by atoms with E-state index in [9.17, 15) is 13.2 Å². The largest absolute Gasteiger partial charge is 0.465 e. The van der Waals surface area contributed by atoms with Gasteiger partial charge < -0.3 is 10.1 Å². The van der Waals surface area contributed by atoms with Crippen LogP contribution in [0.3, 0.4) is 0 Å². The first-order valence-corrected chi connectivity index (χ1v) is 8.42. The molecule has 1 unspecified atom stereocenters. The summed E-state index contributed by atoms with van der Waals surface area (Å²) in [4.78, 5) is 11.6. The molecule has 0 spiro atoms. The highest BCUT2D eigenvalue weighted by Crippen LogP contribution is 2.15. The van der Waals surface area contributed by atoms with Crippen molar-refractivity contribution in [1.29, 1.82) is 0 Å². The van der Waals surface area contributed by atoms with E-state index in [0.29, 0.717) is 0 Å². The predicted octanol–water partition coefficient (Wildman–Crippen LogP) is 0.894. The van der Waals surface area contributed by atoms with Crippen LogP contribution in [-0.2, 0) is 14.8 Å². The van der Waals surface area contributed by atoms with Gasteiger partial charge in [0.1, 0.15) is 0 Å². The number of rotatable bonds is 4. The molecule has 1 aliphatic rings. The summed E-state index contributed by atoms with van der Waals surface area (Å²) in [5.74, 6) is -0.550. The summed E-state index contributed by atoms with van der Waals surface area (Å²) in [6.07, 6.45) is 2.51.